The molecule has 1 aromatic carbocycles. The number of hydrogen-bond acceptors (Lipinski definition) is 3. The standard InChI is InChI=1S/C12H18BNO4S/c1-11(2)12(3,4)18-13(17-11)9-5-7-10(8-6-9)14-19(15)16/h5-8,14H,1-4H3,(H,15,16). The van der Waals surface area contributed by atoms with Crippen molar-refractivity contribution in [1.82, 2.24) is 0 Å². The molecule has 0 amide bonds. The SMILES string of the molecule is CC1(C)OB(c2ccc(NS(=O)O)cc2)OC1(C)C. The minimum absolute atomic E-state index is 0.374. The molecule has 1 fully saturated rings. The molecule has 0 aromatic heterocycles. The van der Waals surface area contributed by atoms with Gasteiger partial charge in [-0.05, 0) is 45.3 Å². The van der Waals surface area contributed by atoms with Gasteiger partial charge in [-0.15, -0.1) is 0 Å². The number of hydrogen-bond donors (Lipinski definition) is 2. The Morgan fingerprint density at radius 3 is 2.00 bits per heavy atom. The Bertz CT molecular complexity index is 473. The second-order valence-electron chi connectivity index (χ2n) is 5.56. The summed E-state index contributed by atoms with van der Waals surface area (Å²) in [6, 6.07) is 7.07. The maximum atomic E-state index is 10.6. The molecule has 19 heavy (non-hydrogen) atoms. The molecule has 1 aromatic rings. The van der Waals surface area contributed by atoms with Crippen molar-refractivity contribution < 1.29 is 18.1 Å². The van der Waals surface area contributed by atoms with Gasteiger partial charge in [0.25, 0.3) is 11.3 Å². The summed E-state index contributed by atoms with van der Waals surface area (Å²) in [5.74, 6) is 0. The van der Waals surface area contributed by atoms with E-state index in [2.05, 4.69) is 4.72 Å². The van der Waals surface area contributed by atoms with Crippen molar-refractivity contribution in [1.29, 1.82) is 0 Å². The van der Waals surface area contributed by atoms with Gasteiger partial charge in [0.1, 0.15) is 0 Å². The highest BCUT2D eigenvalue weighted by atomic mass is 32.2. The highest BCUT2D eigenvalue weighted by Gasteiger charge is 2.51. The Morgan fingerprint density at radius 1 is 1.11 bits per heavy atom. The van der Waals surface area contributed by atoms with Gasteiger partial charge in [-0.25, -0.2) is 4.21 Å². The van der Waals surface area contributed by atoms with E-state index in [9.17, 15) is 4.21 Å². The van der Waals surface area contributed by atoms with Crippen molar-refractivity contribution in [2.75, 3.05) is 4.72 Å². The summed E-state index contributed by atoms with van der Waals surface area (Å²) in [5, 5.41) is 0. The molecule has 1 unspecified atom stereocenters. The van der Waals surface area contributed by atoms with E-state index >= 15 is 0 Å². The number of nitrogens with one attached hydrogen (secondary N) is 1. The molecule has 0 spiro atoms. The Kier molecular flexibility index (Phi) is 3.75. The van der Waals surface area contributed by atoms with E-state index in [-0.39, 0.29) is 11.2 Å². The molecule has 0 saturated carbocycles. The van der Waals surface area contributed by atoms with E-state index in [0.29, 0.717) is 5.69 Å². The van der Waals surface area contributed by atoms with Crippen LogP contribution >= 0.6 is 0 Å². The van der Waals surface area contributed by atoms with Crippen molar-refractivity contribution in [2.24, 2.45) is 0 Å². The lowest BCUT2D eigenvalue weighted by Gasteiger charge is -2.32. The van der Waals surface area contributed by atoms with Gasteiger partial charge in [0.05, 0.1) is 11.2 Å². The summed E-state index contributed by atoms with van der Waals surface area (Å²) in [7, 11) is -0.418. The molecule has 2 N–H and O–H groups in total. The van der Waals surface area contributed by atoms with Crippen LogP contribution in [0.5, 0.6) is 0 Å². The van der Waals surface area contributed by atoms with Crippen molar-refractivity contribution in [3.05, 3.63) is 24.3 Å². The fraction of sp³-hybridized carbons (Fsp3) is 0.500. The molecule has 1 aliphatic heterocycles. The average Bonchev–Trinajstić information content (AvgIpc) is 2.48. The van der Waals surface area contributed by atoms with E-state index < -0.39 is 18.4 Å². The van der Waals surface area contributed by atoms with Crippen molar-refractivity contribution in [2.45, 2.75) is 38.9 Å². The van der Waals surface area contributed by atoms with E-state index in [0.717, 1.165) is 5.46 Å². The quantitative estimate of drug-likeness (QED) is 0.652. The topological polar surface area (TPSA) is 67.8 Å². The predicted octanol–water partition coefficient (Wildman–Crippen LogP) is 1.53. The molecule has 1 aliphatic rings. The fourth-order valence-electron chi connectivity index (χ4n) is 1.79. The second kappa shape index (κ2) is 4.90. The molecule has 104 valence electrons. The van der Waals surface area contributed by atoms with Crippen LogP contribution in [-0.2, 0) is 20.6 Å². The third kappa shape index (κ3) is 3.00. The van der Waals surface area contributed by atoms with Gasteiger partial charge < -0.3 is 9.31 Å². The van der Waals surface area contributed by atoms with Crippen LogP contribution in [0.1, 0.15) is 27.7 Å². The first-order chi connectivity index (χ1) is 8.71. The lowest BCUT2D eigenvalue weighted by molar-refractivity contribution is 0.00578. The van der Waals surface area contributed by atoms with E-state index in [1.807, 2.05) is 39.8 Å². The van der Waals surface area contributed by atoms with Crippen molar-refractivity contribution in [3.63, 3.8) is 0 Å². The van der Waals surface area contributed by atoms with E-state index in [4.69, 9.17) is 13.9 Å². The number of anilines is 1. The van der Waals surface area contributed by atoms with Crippen LogP contribution in [0.2, 0.25) is 0 Å². The van der Waals surface area contributed by atoms with Gasteiger partial charge in [0.2, 0.25) is 0 Å². The van der Waals surface area contributed by atoms with Gasteiger partial charge in [0.15, 0.2) is 0 Å². The van der Waals surface area contributed by atoms with Crippen LogP contribution in [0.25, 0.3) is 0 Å². The Balaban J connectivity index is 2.14. The third-order valence-corrected chi connectivity index (χ3v) is 4.05. The summed E-state index contributed by atoms with van der Waals surface area (Å²) < 4.78 is 33.6. The smallest absolute Gasteiger partial charge is 0.399 e. The van der Waals surface area contributed by atoms with Crippen LogP contribution in [0, 0.1) is 0 Å². The lowest BCUT2D eigenvalue weighted by atomic mass is 9.79. The summed E-state index contributed by atoms with van der Waals surface area (Å²) in [6.45, 7) is 7.99. The lowest BCUT2D eigenvalue weighted by Crippen LogP contribution is -2.41. The summed E-state index contributed by atoms with van der Waals surface area (Å²) in [6.07, 6.45) is 0. The molecule has 1 heterocycles. The van der Waals surface area contributed by atoms with Crippen LogP contribution in [-0.4, -0.2) is 27.1 Å². The van der Waals surface area contributed by atoms with Gasteiger partial charge in [-0.1, -0.05) is 12.1 Å². The highest BCUT2D eigenvalue weighted by Crippen LogP contribution is 2.36. The first kappa shape index (κ1) is 14.5. The molecule has 1 saturated heterocycles. The first-order valence-corrected chi connectivity index (χ1v) is 7.15. The molecule has 7 heteroatoms. The zero-order valence-corrected chi connectivity index (χ0v) is 12.3. The zero-order valence-electron chi connectivity index (χ0n) is 11.5. The molecular weight excluding hydrogens is 265 g/mol. The van der Waals surface area contributed by atoms with Crippen LogP contribution < -0.4 is 10.2 Å². The van der Waals surface area contributed by atoms with E-state index in [1.54, 1.807) is 12.1 Å². The van der Waals surface area contributed by atoms with E-state index in [1.165, 1.54) is 0 Å². The number of benzene rings is 1. The predicted molar refractivity (Wildman–Crippen MR) is 76.6 cm³/mol. The summed E-state index contributed by atoms with van der Waals surface area (Å²) in [5.41, 5.74) is 0.705. The Morgan fingerprint density at radius 2 is 1.58 bits per heavy atom. The monoisotopic (exact) mass is 283 g/mol. The van der Waals surface area contributed by atoms with Crippen molar-refractivity contribution >= 4 is 29.5 Å². The second-order valence-corrected chi connectivity index (χ2v) is 6.26. The fourth-order valence-corrected chi connectivity index (χ4v) is 2.13. The minimum atomic E-state index is -2.06. The summed E-state index contributed by atoms with van der Waals surface area (Å²) in [4.78, 5) is 0. The van der Waals surface area contributed by atoms with Crippen LogP contribution in [0.3, 0.4) is 0 Å². The maximum Gasteiger partial charge on any atom is 0.494 e. The molecule has 0 radical (unpaired) electrons. The Labute approximate surface area is 116 Å². The van der Waals surface area contributed by atoms with Crippen LogP contribution in [0.15, 0.2) is 24.3 Å². The molecule has 2 rings (SSSR count). The molecular formula is C12H18BNO4S. The molecule has 5 nitrogen and oxygen atoms in total. The molecule has 1 atom stereocenters. The minimum Gasteiger partial charge on any atom is -0.399 e. The number of rotatable bonds is 3. The maximum absolute atomic E-state index is 10.6. The molecule has 0 aliphatic carbocycles. The normalized spacial score (nSPS) is 22.3. The van der Waals surface area contributed by atoms with Crippen LogP contribution in [0.4, 0.5) is 5.69 Å². The van der Waals surface area contributed by atoms with Crippen molar-refractivity contribution in [3.8, 4) is 0 Å². The third-order valence-electron chi connectivity index (χ3n) is 3.64. The largest absolute Gasteiger partial charge is 0.494 e. The average molecular weight is 283 g/mol. The molecule has 0 bridgehead atoms. The summed E-state index contributed by atoms with van der Waals surface area (Å²) >= 11 is -2.06. The Hall–Kier alpha value is -0.885. The van der Waals surface area contributed by atoms with Gasteiger partial charge in [0, 0.05) is 5.69 Å². The zero-order chi connectivity index (χ0) is 14.3. The highest BCUT2D eigenvalue weighted by molar-refractivity contribution is 7.80. The van der Waals surface area contributed by atoms with Gasteiger partial charge in [-0.2, -0.15) is 0 Å². The van der Waals surface area contributed by atoms with Gasteiger partial charge >= 0.3 is 7.12 Å². The van der Waals surface area contributed by atoms with Gasteiger partial charge in [-0.3, -0.25) is 9.27 Å². The first-order valence-electron chi connectivity index (χ1n) is 6.04.